The third kappa shape index (κ3) is 2.87. The second-order valence-corrected chi connectivity index (χ2v) is 3.27. The van der Waals surface area contributed by atoms with Crippen LogP contribution in [-0.2, 0) is 4.79 Å². The largest absolute Gasteiger partial charge is 0.346 e. The number of carbonyl (C=O) groups is 2. The van der Waals surface area contributed by atoms with E-state index in [0.717, 1.165) is 0 Å². The lowest BCUT2D eigenvalue weighted by atomic mass is 10.0. The molecule has 1 aromatic carbocycles. The van der Waals surface area contributed by atoms with E-state index in [0.29, 0.717) is 0 Å². The van der Waals surface area contributed by atoms with Gasteiger partial charge in [0.25, 0.3) is 0 Å². The predicted molar refractivity (Wildman–Crippen MR) is 54.0 cm³/mol. The molecule has 3 nitrogen and oxygen atoms in total. The highest BCUT2D eigenvalue weighted by molar-refractivity contribution is 6.01. The molecule has 1 N–H and O–H groups in total. The Kier molecular flexibility index (Phi) is 3.55. The predicted octanol–water partition coefficient (Wildman–Crippen LogP) is 1.53. The highest BCUT2D eigenvalue weighted by atomic mass is 18.2. The Morgan fingerprint density at radius 1 is 1.33 bits per heavy atom. The van der Waals surface area contributed by atoms with Crippen LogP contribution in [-0.4, -0.2) is 17.7 Å². The normalized spacial score (nSPS) is 11.9. The molecule has 0 heterocycles. The summed E-state index contributed by atoms with van der Waals surface area (Å²) in [6.45, 7) is 2.83. The van der Waals surface area contributed by atoms with Gasteiger partial charge in [0.1, 0.15) is 5.82 Å². The van der Waals surface area contributed by atoms with Gasteiger partial charge in [-0.15, -0.1) is 0 Å². The molecule has 0 fully saturated rings. The van der Waals surface area contributed by atoms with E-state index >= 15 is 0 Å². The van der Waals surface area contributed by atoms with Crippen molar-refractivity contribution in [3.05, 3.63) is 35.6 Å². The lowest BCUT2D eigenvalue weighted by Gasteiger charge is -2.11. The van der Waals surface area contributed by atoms with Crippen molar-refractivity contribution >= 4 is 11.7 Å². The average Bonchev–Trinajstić information content (AvgIpc) is 2.16. The Balaban J connectivity index is 2.85. The Morgan fingerprint density at radius 2 is 1.93 bits per heavy atom. The van der Waals surface area contributed by atoms with E-state index in [2.05, 4.69) is 5.32 Å². The fourth-order valence-corrected chi connectivity index (χ4v) is 1.26. The molecule has 0 aliphatic carbocycles. The molecule has 0 saturated heterocycles. The van der Waals surface area contributed by atoms with Crippen molar-refractivity contribution in [2.24, 2.45) is 0 Å². The summed E-state index contributed by atoms with van der Waals surface area (Å²) in [5, 5.41) is 2.41. The Labute approximate surface area is 87.3 Å². The maximum absolute atomic E-state index is 13.2. The van der Waals surface area contributed by atoms with Gasteiger partial charge in [0.15, 0.2) is 5.78 Å². The van der Waals surface area contributed by atoms with Crippen molar-refractivity contribution in [3.63, 3.8) is 0 Å². The van der Waals surface area contributed by atoms with Crippen LogP contribution >= 0.6 is 0 Å². The van der Waals surface area contributed by atoms with E-state index in [9.17, 15) is 14.0 Å². The topological polar surface area (TPSA) is 46.2 Å². The van der Waals surface area contributed by atoms with Gasteiger partial charge < -0.3 is 5.32 Å². The van der Waals surface area contributed by atoms with Crippen LogP contribution in [0.25, 0.3) is 0 Å². The molecular formula is C11H12FNO2. The van der Waals surface area contributed by atoms with Gasteiger partial charge in [-0.05, 0) is 19.1 Å². The first-order valence-corrected chi connectivity index (χ1v) is 4.58. The van der Waals surface area contributed by atoms with Gasteiger partial charge in [0, 0.05) is 6.92 Å². The number of Topliss-reactive ketones (excluding diaryl/α,β-unsaturated/α-hetero) is 1. The fraction of sp³-hybridized carbons (Fsp3) is 0.273. The van der Waals surface area contributed by atoms with Crippen molar-refractivity contribution in [2.75, 3.05) is 0 Å². The van der Waals surface area contributed by atoms with Gasteiger partial charge in [-0.25, -0.2) is 4.39 Å². The van der Waals surface area contributed by atoms with Crippen LogP contribution < -0.4 is 5.32 Å². The monoisotopic (exact) mass is 208 g/mol. The molecule has 0 aliphatic rings. The minimum Gasteiger partial charge on any atom is -0.346 e. The second kappa shape index (κ2) is 4.68. The molecule has 15 heavy (non-hydrogen) atoms. The number of ketones is 1. The zero-order valence-electron chi connectivity index (χ0n) is 8.58. The van der Waals surface area contributed by atoms with Gasteiger partial charge >= 0.3 is 0 Å². The van der Waals surface area contributed by atoms with Crippen molar-refractivity contribution in [3.8, 4) is 0 Å². The zero-order chi connectivity index (χ0) is 11.4. The van der Waals surface area contributed by atoms with Crippen LogP contribution in [0.2, 0.25) is 0 Å². The Morgan fingerprint density at radius 3 is 2.47 bits per heavy atom. The van der Waals surface area contributed by atoms with Crippen LogP contribution in [0.15, 0.2) is 24.3 Å². The first-order chi connectivity index (χ1) is 7.02. The van der Waals surface area contributed by atoms with E-state index in [1.807, 2.05) is 0 Å². The summed E-state index contributed by atoms with van der Waals surface area (Å²) in [5.41, 5.74) is -0.00116. The minimum atomic E-state index is -0.709. The number of benzene rings is 1. The van der Waals surface area contributed by atoms with Crippen molar-refractivity contribution < 1.29 is 14.0 Å². The Bertz CT molecular complexity index is 390. The van der Waals surface area contributed by atoms with E-state index in [1.54, 1.807) is 6.07 Å². The number of amides is 1. The molecule has 0 aromatic heterocycles. The highest BCUT2D eigenvalue weighted by Gasteiger charge is 2.18. The summed E-state index contributed by atoms with van der Waals surface area (Å²) >= 11 is 0. The van der Waals surface area contributed by atoms with E-state index in [4.69, 9.17) is 0 Å². The van der Waals surface area contributed by atoms with Crippen molar-refractivity contribution in [2.45, 2.75) is 19.9 Å². The molecule has 0 saturated carbocycles. The molecule has 0 spiro atoms. The van der Waals surface area contributed by atoms with Gasteiger partial charge in [-0.3, -0.25) is 9.59 Å². The number of rotatable bonds is 3. The fourth-order valence-electron chi connectivity index (χ4n) is 1.26. The zero-order valence-corrected chi connectivity index (χ0v) is 8.58. The minimum absolute atomic E-state index is 0.00116. The lowest BCUT2D eigenvalue weighted by molar-refractivity contribution is -0.119. The van der Waals surface area contributed by atoms with Crippen LogP contribution in [0.1, 0.15) is 24.2 Å². The van der Waals surface area contributed by atoms with Crippen LogP contribution in [0.5, 0.6) is 0 Å². The summed E-state index contributed by atoms with van der Waals surface area (Å²) < 4.78 is 13.2. The van der Waals surface area contributed by atoms with Gasteiger partial charge in [0.2, 0.25) is 5.91 Å². The highest BCUT2D eigenvalue weighted by Crippen LogP contribution is 2.09. The van der Waals surface area contributed by atoms with Gasteiger partial charge in [-0.2, -0.15) is 0 Å². The van der Waals surface area contributed by atoms with E-state index < -0.39 is 17.6 Å². The molecule has 80 valence electrons. The maximum atomic E-state index is 13.2. The standard InChI is InChI=1S/C11H12FNO2/c1-7(13-8(2)14)11(15)9-5-3-4-6-10(9)12/h3-7H,1-2H3,(H,13,14)/i12-1. The van der Waals surface area contributed by atoms with E-state index in [-0.39, 0.29) is 11.5 Å². The average molecular weight is 208 g/mol. The molecule has 0 aliphatic heterocycles. The summed E-state index contributed by atoms with van der Waals surface area (Å²) in [6.07, 6.45) is 0. The number of hydrogen-bond acceptors (Lipinski definition) is 2. The van der Waals surface area contributed by atoms with E-state index in [1.165, 1.54) is 32.0 Å². The van der Waals surface area contributed by atoms with Crippen LogP contribution in [0, 0.1) is 5.82 Å². The quantitative estimate of drug-likeness (QED) is 0.766. The second-order valence-electron chi connectivity index (χ2n) is 3.27. The summed E-state index contributed by atoms with van der Waals surface area (Å²) in [7, 11) is 0. The molecule has 0 radical (unpaired) electrons. The smallest absolute Gasteiger partial charge is 0.217 e. The summed E-state index contributed by atoms with van der Waals surface area (Å²) in [5.74, 6) is -1.31. The molecule has 4 heteroatoms. The van der Waals surface area contributed by atoms with Gasteiger partial charge in [0.05, 0.1) is 11.6 Å². The maximum Gasteiger partial charge on any atom is 0.217 e. The number of halogens is 1. The van der Waals surface area contributed by atoms with Crippen molar-refractivity contribution in [1.82, 2.24) is 5.32 Å². The molecule has 1 rings (SSSR count). The number of hydrogen-bond donors (Lipinski definition) is 1. The first kappa shape index (κ1) is 11.4. The molecule has 0 bridgehead atoms. The lowest BCUT2D eigenvalue weighted by Crippen LogP contribution is -2.37. The molecule has 1 aromatic rings. The molecular weight excluding hydrogens is 196 g/mol. The number of carbonyl (C=O) groups excluding carboxylic acids is 2. The molecule has 1 unspecified atom stereocenters. The first-order valence-electron chi connectivity index (χ1n) is 4.58. The molecule has 1 atom stereocenters. The van der Waals surface area contributed by atoms with Crippen LogP contribution in [0.3, 0.4) is 0 Å². The van der Waals surface area contributed by atoms with Gasteiger partial charge in [-0.1, -0.05) is 12.1 Å². The molecule has 1 amide bonds. The summed E-state index contributed by atoms with van der Waals surface area (Å²) in [6, 6.07) is 5.00. The number of nitrogens with one attached hydrogen (secondary N) is 1. The third-order valence-electron chi connectivity index (χ3n) is 1.95. The van der Waals surface area contributed by atoms with Crippen LogP contribution in [0.4, 0.5) is 4.39 Å². The van der Waals surface area contributed by atoms with Crippen molar-refractivity contribution in [1.29, 1.82) is 0 Å². The third-order valence-corrected chi connectivity index (χ3v) is 1.95. The Hall–Kier alpha value is -1.71. The SMILES string of the molecule is CC(=O)NC(C)C(=O)c1ccccc1[18F]. The summed E-state index contributed by atoms with van der Waals surface area (Å²) in [4.78, 5) is 22.4.